The molecule has 2 rings (SSSR count). The highest BCUT2D eigenvalue weighted by atomic mass is 16.2. The minimum atomic E-state index is -0.582. The fraction of sp³-hybridized carbons (Fsp3) is 0.375. The average molecular weight is 438 g/mol. The van der Waals surface area contributed by atoms with E-state index in [9.17, 15) is 14.4 Å². The molecule has 2 N–H and O–H groups in total. The number of fused-ring (bicyclic) bond motifs is 1. The van der Waals surface area contributed by atoms with Crippen molar-refractivity contribution in [3.63, 3.8) is 0 Å². The van der Waals surface area contributed by atoms with E-state index in [-0.39, 0.29) is 17.3 Å². The first-order valence-electron chi connectivity index (χ1n) is 10.5. The number of guanidine groups is 1. The third-order valence-corrected chi connectivity index (χ3v) is 5.04. The van der Waals surface area contributed by atoms with Crippen LogP contribution in [0.3, 0.4) is 0 Å². The van der Waals surface area contributed by atoms with Crippen molar-refractivity contribution < 1.29 is 14.4 Å². The smallest absolute Gasteiger partial charge is 0.336 e. The Kier molecular flexibility index (Phi) is 8.63. The standard InChI is InChI=1S/C24H31N5O3/c1-6-29(5)22(28-23(32)26-16-24(3,4)15-17(2)12-14-30)27-21(31)19-11-7-9-18-10-8-13-25-20(18)19/h6-11,13-14,17H,1,12,15-16H2,2-5H3,(H2,26,27,28,31,32). The highest BCUT2D eigenvalue weighted by Gasteiger charge is 2.22. The van der Waals surface area contributed by atoms with Gasteiger partial charge in [0.15, 0.2) is 0 Å². The topological polar surface area (TPSA) is 104 Å². The second-order valence-electron chi connectivity index (χ2n) is 8.60. The van der Waals surface area contributed by atoms with Crippen LogP contribution in [0.2, 0.25) is 0 Å². The van der Waals surface area contributed by atoms with Crippen LogP contribution in [0.5, 0.6) is 0 Å². The van der Waals surface area contributed by atoms with Crippen LogP contribution in [-0.2, 0) is 4.79 Å². The number of rotatable bonds is 8. The van der Waals surface area contributed by atoms with E-state index in [0.717, 1.165) is 18.1 Å². The van der Waals surface area contributed by atoms with E-state index in [1.165, 1.54) is 11.1 Å². The molecular formula is C24H31N5O3. The highest BCUT2D eigenvalue weighted by Crippen LogP contribution is 2.25. The number of carbonyl (C=O) groups is 3. The lowest BCUT2D eigenvalue weighted by Gasteiger charge is -2.27. The predicted octanol–water partition coefficient (Wildman–Crippen LogP) is 3.75. The Balaban J connectivity index is 2.13. The van der Waals surface area contributed by atoms with Gasteiger partial charge in [-0.2, -0.15) is 4.99 Å². The van der Waals surface area contributed by atoms with Crippen molar-refractivity contribution in [1.29, 1.82) is 0 Å². The van der Waals surface area contributed by atoms with Gasteiger partial charge in [-0.3, -0.25) is 15.1 Å². The number of aromatic nitrogens is 1. The summed E-state index contributed by atoms with van der Waals surface area (Å²) < 4.78 is 0. The summed E-state index contributed by atoms with van der Waals surface area (Å²) in [6.07, 6.45) is 5.24. The molecular weight excluding hydrogens is 406 g/mol. The van der Waals surface area contributed by atoms with Crippen molar-refractivity contribution in [2.75, 3.05) is 13.6 Å². The molecule has 170 valence electrons. The highest BCUT2D eigenvalue weighted by molar-refractivity contribution is 6.13. The number of nitrogens with one attached hydrogen (secondary N) is 2. The molecule has 0 aliphatic heterocycles. The quantitative estimate of drug-likeness (QED) is 0.372. The van der Waals surface area contributed by atoms with Gasteiger partial charge in [-0.1, -0.05) is 45.5 Å². The number of aldehydes is 1. The number of urea groups is 1. The molecule has 3 amide bonds. The summed E-state index contributed by atoms with van der Waals surface area (Å²) in [5.41, 5.74) is 0.721. The van der Waals surface area contributed by atoms with E-state index in [1.54, 1.807) is 31.4 Å². The van der Waals surface area contributed by atoms with Gasteiger partial charge in [0.25, 0.3) is 5.91 Å². The molecule has 1 atom stereocenters. The summed E-state index contributed by atoms with van der Waals surface area (Å²) in [4.78, 5) is 45.9. The summed E-state index contributed by atoms with van der Waals surface area (Å²) in [5, 5.41) is 6.30. The number of carbonyl (C=O) groups excluding carboxylic acids is 3. The summed E-state index contributed by atoms with van der Waals surface area (Å²) in [7, 11) is 1.63. The molecule has 0 radical (unpaired) electrons. The number of pyridine rings is 1. The van der Waals surface area contributed by atoms with Gasteiger partial charge in [-0.25, -0.2) is 4.79 Å². The Morgan fingerprint density at radius 3 is 2.69 bits per heavy atom. The van der Waals surface area contributed by atoms with E-state index in [2.05, 4.69) is 27.2 Å². The van der Waals surface area contributed by atoms with Gasteiger partial charge in [0.05, 0.1) is 11.1 Å². The number of amides is 3. The Hall–Kier alpha value is -3.55. The molecule has 0 fully saturated rings. The van der Waals surface area contributed by atoms with E-state index >= 15 is 0 Å². The van der Waals surface area contributed by atoms with E-state index in [1.807, 2.05) is 32.9 Å². The molecule has 1 heterocycles. The van der Waals surface area contributed by atoms with Gasteiger partial charge in [-0.05, 0) is 36.1 Å². The molecule has 32 heavy (non-hydrogen) atoms. The van der Waals surface area contributed by atoms with Gasteiger partial charge in [-0.15, -0.1) is 0 Å². The van der Waals surface area contributed by atoms with Gasteiger partial charge in [0.1, 0.15) is 6.29 Å². The fourth-order valence-electron chi connectivity index (χ4n) is 3.45. The maximum absolute atomic E-state index is 12.9. The monoisotopic (exact) mass is 437 g/mol. The average Bonchev–Trinajstić information content (AvgIpc) is 2.76. The van der Waals surface area contributed by atoms with E-state index < -0.39 is 11.9 Å². The number of aliphatic imine (C=N–C) groups is 1. The second kappa shape index (κ2) is 11.2. The lowest BCUT2D eigenvalue weighted by atomic mass is 9.82. The molecule has 0 aliphatic carbocycles. The van der Waals surface area contributed by atoms with Crippen LogP contribution in [0.1, 0.15) is 44.0 Å². The summed E-state index contributed by atoms with van der Waals surface area (Å²) in [6.45, 7) is 10.1. The zero-order valence-electron chi connectivity index (χ0n) is 19.1. The summed E-state index contributed by atoms with van der Waals surface area (Å²) in [6, 6.07) is 8.39. The number of hydrogen-bond donors (Lipinski definition) is 2. The first kappa shape index (κ1) is 24.7. The van der Waals surface area contributed by atoms with E-state index in [0.29, 0.717) is 24.0 Å². The zero-order chi connectivity index (χ0) is 23.7. The lowest BCUT2D eigenvalue weighted by Crippen LogP contribution is -2.42. The van der Waals surface area contributed by atoms with Gasteiger partial charge >= 0.3 is 6.03 Å². The number of nitrogens with zero attached hydrogens (tertiary/aromatic N) is 3. The zero-order valence-corrected chi connectivity index (χ0v) is 19.1. The SMILES string of the molecule is C=CN(C)/C(=N\C(=O)NCC(C)(C)CC(C)CC=O)NC(=O)c1cccc2cccnc12. The largest absolute Gasteiger partial charge is 0.344 e. The molecule has 0 bridgehead atoms. The van der Waals surface area contributed by atoms with Crippen molar-refractivity contribution >= 4 is 35.1 Å². The Morgan fingerprint density at radius 2 is 2.00 bits per heavy atom. The first-order valence-corrected chi connectivity index (χ1v) is 10.5. The van der Waals surface area contributed by atoms with Crippen molar-refractivity contribution in [3.05, 3.63) is 54.9 Å². The van der Waals surface area contributed by atoms with Crippen LogP contribution in [0, 0.1) is 11.3 Å². The molecule has 0 saturated heterocycles. The van der Waals surface area contributed by atoms with Crippen LogP contribution < -0.4 is 10.6 Å². The van der Waals surface area contributed by atoms with Crippen LogP contribution in [0.25, 0.3) is 10.9 Å². The minimum Gasteiger partial charge on any atom is -0.336 e. The van der Waals surface area contributed by atoms with Gasteiger partial charge in [0, 0.05) is 31.6 Å². The van der Waals surface area contributed by atoms with Gasteiger partial charge < -0.3 is 15.0 Å². The van der Waals surface area contributed by atoms with Crippen LogP contribution >= 0.6 is 0 Å². The summed E-state index contributed by atoms with van der Waals surface area (Å²) >= 11 is 0. The maximum Gasteiger partial charge on any atom is 0.344 e. The van der Waals surface area contributed by atoms with Crippen molar-refractivity contribution in [2.24, 2.45) is 16.3 Å². The number of para-hydroxylation sites is 1. The third kappa shape index (κ3) is 7.01. The van der Waals surface area contributed by atoms with Crippen molar-refractivity contribution in [2.45, 2.75) is 33.6 Å². The molecule has 1 unspecified atom stereocenters. The second-order valence-corrected chi connectivity index (χ2v) is 8.60. The molecule has 0 spiro atoms. The summed E-state index contributed by atoms with van der Waals surface area (Å²) in [5.74, 6) is -0.168. The first-order chi connectivity index (χ1) is 15.2. The predicted molar refractivity (Wildman–Crippen MR) is 126 cm³/mol. The molecule has 1 aromatic heterocycles. The maximum atomic E-state index is 12.9. The fourth-order valence-corrected chi connectivity index (χ4v) is 3.45. The minimum absolute atomic E-state index is 0.0440. The van der Waals surface area contributed by atoms with Crippen LogP contribution in [0.15, 0.2) is 54.3 Å². The molecule has 8 heteroatoms. The molecule has 2 aromatic rings. The van der Waals surface area contributed by atoms with Crippen molar-refractivity contribution in [3.8, 4) is 0 Å². The Morgan fingerprint density at radius 1 is 1.28 bits per heavy atom. The number of hydrogen-bond acceptors (Lipinski definition) is 4. The van der Waals surface area contributed by atoms with E-state index in [4.69, 9.17) is 0 Å². The molecule has 8 nitrogen and oxygen atoms in total. The van der Waals surface area contributed by atoms with Crippen LogP contribution in [0.4, 0.5) is 4.79 Å². The Labute approximate surface area is 188 Å². The van der Waals surface area contributed by atoms with Crippen LogP contribution in [-0.4, -0.2) is 47.7 Å². The van der Waals surface area contributed by atoms with Gasteiger partial charge in [0.2, 0.25) is 5.96 Å². The van der Waals surface area contributed by atoms with Crippen molar-refractivity contribution in [1.82, 2.24) is 20.5 Å². The number of benzene rings is 1. The normalized spacial score (nSPS) is 12.7. The molecule has 0 saturated carbocycles. The Bertz CT molecular complexity index is 1010. The molecule has 1 aromatic carbocycles. The molecule has 0 aliphatic rings. The lowest BCUT2D eigenvalue weighted by molar-refractivity contribution is -0.108. The third-order valence-electron chi connectivity index (χ3n) is 5.04.